The Morgan fingerprint density at radius 3 is 2.09 bits per heavy atom. The minimum Gasteiger partial charge on any atom is -0.480 e. The summed E-state index contributed by atoms with van der Waals surface area (Å²) in [5.41, 5.74) is 0.858. The van der Waals surface area contributed by atoms with Crippen molar-refractivity contribution >= 4 is 36.3 Å². The minimum absolute atomic E-state index is 0.0981. The first-order valence-corrected chi connectivity index (χ1v) is 10.8. The minimum atomic E-state index is -1.12. The highest BCUT2D eigenvalue weighted by molar-refractivity contribution is 5.79. The zero-order valence-corrected chi connectivity index (χ0v) is 18.9. The van der Waals surface area contributed by atoms with E-state index in [0.29, 0.717) is 32.6 Å². The number of imidazole rings is 1. The van der Waals surface area contributed by atoms with Crippen molar-refractivity contribution in [3.05, 3.63) is 18.2 Å². The average Bonchev–Trinajstić information content (AvgIpc) is 3.45. The van der Waals surface area contributed by atoms with Crippen LogP contribution >= 0.6 is 0 Å². The molecule has 0 aromatic carbocycles. The Balaban J connectivity index is 1.78. The number of carboxylic acids is 2. The number of amides is 2. The molecule has 2 heterocycles. The number of H-pyrrole nitrogens is 1. The molecule has 0 fully saturated rings. The van der Waals surface area contributed by atoms with Crippen molar-refractivity contribution in [2.75, 3.05) is 65.4 Å². The van der Waals surface area contributed by atoms with Crippen LogP contribution in [0.3, 0.4) is 0 Å². The molecular formula is C20H31N8O6+. The molecule has 34 heavy (non-hydrogen) atoms. The number of hydrogen-bond donors (Lipinski definition) is 5. The van der Waals surface area contributed by atoms with E-state index in [9.17, 15) is 24.3 Å². The smallest absolute Gasteiger partial charge is 0.317 e. The van der Waals surface area contributed by atoms with Crippen LogP contribution in [-0.4, -0.2) is 136 Å². The third kappa shape index (κ3) is 11.3. The van der Waals surface area contributed by atoms with Gasteiger partial charge in [-0.15, -0.1) is 0 Å². The van der Waals surface area contributed by atoms with E-state index in [1.54, 1.807) is 18.7 Å². The Morgan fingerprint density at radius 1 is 0.971 bits per heavy atom. The third-order valence-electron chi connectivity index (χ3n) is 4.83. The zero-order valence-electron chi connectivity index (χ0n) is 18.9. The summed E-state index contributed by atoms with van der Waals surface area (Å²) in [5, 5.41) is 23.8. The number of carboxylic acid groups (broad SMARTS) is 2. The molecule has 5 N–H and O–H groups in total. The summed E-state index contributed by atoms with van der Waals surface area (Å²) in [6, 6.07) is 0. The van der Waals surface area contributed by atoms with Gasteiger partial charge in [0.2, 0.25) is 11.8 Å². The van der Waals surface area contributed by atoms with E-state index in [4.69, 9.17) is 5.11 Å². The van der Waals surface area contributed by atoms with E-state index in [1.807, 2.05) is 4.58 Å². The lowest BCUT2D eigenvalue weighted by Gasteiger charge is -2.25. The number of aliphatic carboxylic acids is 2. The summed E-state index contributed by atoms with van der Waals surface area (Å²) >= 11 is 0. The molecule has 186 valence electrons. The second kappa shape index (κ2) is 14.5. The number of aliphatic imine (C=N–C) groups is 1. The molecule has 0 spiro atoms. The van der Waals surface area contributed by atoms with Crippen molar-refractivity contribution in [1.82, 2.24) is 30.4 Å². The summed E-state index contributed by atoms with van der Waals surface area (Å²) in [5.74, 6) is -2.93. The molecule has 2 amide bonds. The average molecular weight is 480 g/mol. The monoisotopic (exact) mass is 479 g/mol. The molecule has 14 heteroatoms. The van der Waals surface area contributed by atoms with Crippen molar-refractivity contribution in [2.24, 2.45) is 4.99 Å². The van der Waals surface area contributed by atoms with E-state index >= 15 is 0 Å². The predicted molar refractivity (Wildman–Crippen MR) is 121 cm³/mol. The molecule has 0 atom stereocenters. The Kier molecular flexibility index (Phi) is 11.3. The normalized spacial score (nSPS) is 12.7. The van der Waals surface area contributed by atoms with Crippen LogP contribution in [0.1, 0.15) is 5.69 Å². The summed E-state index contributed by atoms with van der Waals surface area (Å²) in [6.07, 6.45) is 7.16. The van der Waals surface area contributed by atoms with Crippen LogP contribution in [0, 0.1) is 0 Å². The highest BCUT2D eigenvalue weighted by Crippen LogP contribution is 1.96. The van der Waals surface area contributed by atoms with E-state index < -0.39 is 25.0 Å². The van der Waals surface area contributed by atoms with Gasteiger partial charge in [-0.3, -0.25) is 33.6 Å². The Labute approximate surface area is 196 Å². The van der Waals surface area contributed by atoms with Gasteiger partial charge in [-0.05, 0) is 0 Å². The van der Waals surface area contributed by atoms with E-state index in [2.05, 4.69) is 25.6 Å². The van der Waals surface area contributed by atoms with Crippen LogP contribution in [-0.2, 0) is 25.6 Å². The second-order valence-corrected chi connectivity index (χ2v) is 7.68. The molecule has 14 nitrogen and oxygen atoms in total. The number of nitrogens with zero attached hydrogens (tertiary/aromatic N) is 5. The first kappa shape index (κ1) is 26.6. The first-order chi connectivity index (χ1) is 16.3. The fraction of sp³-hybridized carbons (Fsp3) is 0.550. The Morgan fingerprint density at radius 2 is 1.59 bits per heavy atom. The maximum atomic E-state index is 12.2. The zero-order chi connectivity index (χ0) is 24.8. The van der Waals surface area contributed by atoms with E-state index in [-0.39, 0.29) is 38.0 Å². The standard InChI is InChI=1S/C20H30N8O6/c29-17(23-2-1-16-9-22-14-25-16)10-27(12-19(31)32)7-8-28(13-20(33)34)11-18(30)24-4-6-26-5-3-21-15-26/h3,9,14-15H,1-2,4-8,10-13H2,(H4-,22,23,24,25,29,30,31,32,33,34)/p+1. The van der Waals surface area contributed by atoms with Gasteiger partial charge in [-0.25, -0.2) is 4.98 Å². The van der Waals surface area contributed by atoms with Crippen LogP contribution in [0.25, 0.3) is 0 Å². The van der Waals surface area contributed by atoms with Gasteiger partial charge in [0.25, 0.3) is 6.34 Å². The van der Waals surface area contributed by atoms with Crippen molar-refractivity contribution in [3.8, 4) is 0 Å². The molecule has 0 radical (unpaired) electrons. The maximum Gasteiger partial charge on any atom is 0.317 e. The molecule has 1 aromatic rings. The number of rotatable bonds is 17. The van der Waals surface area contributed by atoms with Gasteiger partial charge in [0.1, 0.15) is 13.1 Å². The summed E-state index contributed by atoms with van der Waals surface area (Å²) in [4.78, 5) is 60.5. The maximum absolute atomic E-state index is 12.2. The lowest BCUT2D eigenvalue weighted by atomic mass is 10.3. The number of carbonyl (C=O) groups is 4. The lowest BCUT2D eigenvalue weighted by Crippen LogP contribution is -2.47. The molecule has 1 aromatic heterocycles. The molecule has 1 aliphatic heterocycles. The number of carbonyl (C=O) groups excluding carboxylic acids is 2. The quantitative estimate of drug-likeness (QED) is 0.146. The lowest BCUT2D eigenvalue weighted by molar-refractivity contribution is -0.502. The molecule has 2 rings (SSSR count). The van der Waals surface area contributed by atoms with Crippen LogP contribution in [0.15, 0.2) is 17.5 Å². The molecule has 0 bridgehead atoms. The highest BCUT2D eigenvalue weighted by atomic mass is 16.4. The first-order valence-electron chi connectivity index (χ1n) is 10.8. The summed E-state index contributed by atoms with van der Waals surface area (Å²) < 4.78 is 1.92. The number of aromatic nitrogens is 2. The fourth-order valence-electron chi connectivity index (χ4n) is 3.20. The van der Waals surface area contributed by atoms with Crippen LogP contribution in [0.2, 0.25) is 0 Å². The second-order valence-electron chi connectivity index (χ2n) is 7.68. The molecular weight excluding hydrogens is 448 g/mol. The molecule has 0 saturated heterocycles. The summed E-state index contributed by atoms with van der Waals surface area (Å²) in [6.45, 7) is 1.07. The van der Waals surface area contributed by atoms with Crippen molar-refractivity contribution in [3.63, 3.8) is 0 Å². The molecule has 1 aliphatic rings. The van der Waals surface area contributed by atoms with Crippen LogP contribution in [0.4, 0.5) is 0 Å². The van der Waals surface area contributed by atoms with Crippen LogP contribution in [0.5, 0.6) is 0 Å². The summed E-state index contributed by atoms with van der Waals surface area (Å²) in [7, 11) is 0. The Hall–Kier alpha value is -3.65. The number of hydrogen-bond acceptors (Lipinski definition) is 8. The third-order valence-corrected chi connectivity index (χ3v) is 4.83. The Bertz CT molecular complexity index is 886. The fourth-order valence-corrected chi connectivity index (χ4v) is 3.20. The molecule has 0 aliphatic carbocycles. The topological polar surface area (TPSA) is 183 Å². The van der Waals surface area contributed by atoms with Crippen molar-refractivity contribution in [2.45, 2.75) is 6.42 Å². The van der Waals surface area contributed by atoms with Gasteiger partial charge in [0, 0.05) is 37.9 Å². The van der Waals surface area contributed by atoms with Gasteiger partial charge in [0.05, 0.1) is 39.1 Å². The molecule has 0 saturated carbocycles. The van der Waals surface area contributed by atoms with E-state index in [0.717, 1.165) is 5.69 Å². The van der Waals surface area contributed by atoms with Gasteiger partial charge < -0.3 is 25.8 Å². The van der Waals surface area contributed by atoms with Gasteiger partial charge in [-0.2, -0.15) is 0 Å². The van der Waals surface area contributed by atoms with Crippen molar-refractivity contribution in [1.29, 1.82) is 0 Å². The number of aromatic amines is 1. The van der Waals surface area contributed by atoms with Gasteiger partial charge in [-0.1, -0.05) is 4.99 Å². The van der Waals surface area contributed by atoms with Crippen LogP contribution < -0.4 is 10.6 Å². The largest absolute Gasteiger partial charge is 0.480 e. The molecule has 0 unspecified atom stereocenters. The highest BCUT2D eigenvalue weighted by Gasteiger charge is 2.19. The van der Waals surface area contributed by atoms with Gasteiger partial charge >= 0.3 is 11.9 Å². The SMILES string of the molecule is O=C(O)CN(CCN(CC(=O)O)CC(=O)NCC[N+]1=CN=CC1)CC(=O)NCCc1cnc[nH]1. The van der Waals surface area contributed by atoms with Crippen molar-refractivity contribution < 1.29 is 34.0 Å². The number of nitrogens with one attached hydrogen (secondary N) is 3. The van der Waals surface area contributed by atoms with Gasteiger partial charge in [0.15, 0.2) is 6.21 Å². The predicted octanol–water partition coefficient (Wildman–Crippen LogP) is -2.92. The van der Waals surface area contributed by atoms with E-state index in [1.165, 1.54) is 16.1 Å².